The molecule has 1 atom stereocenters. The Hall–Kier alpha value is -2.60. The molecule has 0 spiro atoms. The molecule has 3 aromatic rings. The fourth-order valence-corrected chi connectivity index (χ4v) is 4.00. The molecule has 0 unspecified atom stereocenters. The smallest absolute Gasteiger partial charge is 0.260 e. The Labute approximate surface area is 168 Å². The van der Waals surface area contributed by atoms with E-state index in [0.29, 0.717) is 34.1 Å². The number of nitrogens with zero attached hydrogens (tertiary/aromatic N) is 3. The quantitative estimate of drug-likeness (QED) is 0.588. The van der Waals surface area contributed by atoms with Gasteiger partial charge in [-0.1, -0.05) is 47.0 Å². The van der Waals surface area contributed by atoms with Gasteiger partial charge >= 0.3 is 0 Å². The van der Waals surface area contributed by atoms with Crippen LogP contribution in [0.1, 0.15) is 59.8 Å². The van der Waals surface area contributed by atoms with E-state index in [1.807, 2.05) is 29.2 Å². The minimum Gasteiger partial charge on any atom is -0.361 e. The number of likely N-dealkylation sites (tertiary alicyclic amines) is 1. The highest BCUT2D eigenvalue weighted by molar-refractivity contribution is 6.33. The van der Waals surface area contributed by atoms with Crippen LogP contribution < -0.4 is 0 Å². The Morgan fingerprint density at radius 2 is 2.11 bits per heavy atom. The van der Waals surface area contributed by atoms with Gasteiger partial charge in [0, 0.05) is 24.6 Å². The molecule has 146 valence electrons. The highest BCUT2D eigenvalue weighted by Crippen LogP contribution is 2.37. The molecule has 3 heterocycles. The lowest BCUT2D eigenvalue weighted by Gasteiger charge is -2.23. The lowest BCUT2D eigenvalue weighted by atomic mass is 10.0. The second-order valence-electron chi connectivity index (χ2n) is 7.07. The molecule has 1 aromatic carbocycles. The van der Waals surface area contributed by atoms with E-state index < -0.39 is 0 Å². The highest BCUT2D eigenvalue weighted by Gasteiger charge is 2.36. The first kappa shape index (κ1) is 18.7. The Kier molecular flexibility index (Phi) is 5.22. The van der Waals surface area contributed by atoms with Crippen LogP contribution in [0.3, 0.4) is 0 Å². The summed E-state index contributed by atoms with van der Waals surface area (Å²) in [6.45, 7) is 4.51. The van der Waals surface area contributed by atoms with E-state index in [2.05, 4.69) is 17.2 Å². The maximum atomic E-state index is 13.5. The summed E-state index contributed by atoms with van der Waals surface area (Å²) in [6.07, 6.45) is 3.60. The van der Waals surface area contributed by atoms with Crippen molar-refractivity contribution in [2.75, 3.05) is 6.54 Å². The number of halogens is 1. The third kappa shape index (κ3) is 3.33. The maximum Gasteiger partial charge on any atom is 0.260 e. The van der Waals surface area contributed by atoms with Crippen LogP contribution in [0.5, 0.6) is 0 Å². The molecular weight excluding hydrogens is 378 g/mol. The third-order valence-corrected chi connectivity index (χ3v) is 5.46. The molecule has 0 aliphatic carbocycles. The Morgan fingerprint density at radius 1 is 1.29 bits per heavy atom. The topological polar surface area (TPSA) is 72.4 Å². The van der Waals surface area contributed by atoms with Gasteiger partial charge in [-0.25, -0.2) is 0 Å². The summed E-state index contributed by atoms with van der Waals surface area (Å²) in [6, 6.07) is 9.19. The van der Waals surface area contributed by atoms with Crippen LogP contribution in [0.25, 0.3) is 11.3 Å². The van der Waals surface area contributed by atoms with Gasteiger partial charge in [-0.05, 0) is 32.3 Å². The third-order valence-electron chi connectivity index (χ3n) is 5.13. The van der Waals surface area contributed by atoms with Crippen molar-refractivity contribution < 1.29 is 13.8 Å². The molecule has 28 heavy (non-hydrogen) atoms. The number of hydrogen-bond donors (Lipinski definition) is 0. The van der Waals surface area contributed by atoms with Gasteiger partial charge in [0.2, 0.25) is 0 Å². The number of aryl methyl sites for hydroxylation is 2. The van der Waals surface area contributed by atoms with E-state index in [-0.39, 0.29) is 11.9 Å². The van der Waals surface area contributed by atoms with Gasteiger partial charge in [-0.3, -0.25) is 4.79 Å². The summed E-state index contributed by atoms with van der Waals surface area (Å²) in [4.78, 5) is 15.3. The van der Waals surface area contributed by atoms with Gasteiger partial charge in [0.25, 0.3) is 5.91 Å². The monoisotopic (exact) mass is 399 g/mol. The van der Waals surface area contributed by atoms with Crippen LogP contribution >= 0.6 is 11.6 Å². The molecule has 1 aliphatic heterocycles. The summed E-state index contributed by atoms with van der Waals surface area (Å²) in [5.74, 6) is 1.23. The van der Waals surface area contributed by atoms with Gasteiger partial charge in [-0.15, -0.1) is 0 Å². The van der Waals surface area contributed by atoms with Crippen LogP contribution in [-0.2, 0) is 6.42 Å². The first-order valence-electron chi connectivity index (χ1n) is 9.57. The predicted octanol–water partition coefficient (Wildman–Crippen LogP) is 5.22. The van der Waals surface area contributed by atoms with Crippen molar-refractivity contribution in [3.63, 3.8) is 0 Å². The summed E-state index contributed by atoms with van der Waals surface area (Å²) in [5, 5.41) is 8.87. The van der Waals surface area contributed by atoms with Crippen LogP contribution in [0.15, 0.2) is 39.4 Å². The van der Waals surface area contributed by atoms with Crippen LogP contribution in [0.2, 0.25) is 5.02 Å². The number of rotatable bonds is 5. The van der Waals surface area contributed by atoms with Crippen molar-refractivity contribution >= 4 is 17.5 Å². The van der Waals surface area contributed by atoms with Crippen LogP contribution in [0, 0.1) is 6.92 Å². The van der Waals surface area contributed by atoms with Crippen molar-refractivity contribution in [2.45, 2.75) is 45.6 Å². The Morgan fingerprint density at radius 3 is 2.89 bits per heavy atom. The van der Waals surface area contributed by atoms with Crippen molar-refractivity contribution in [1.82, 2.24) is 15.2 Å². The standard InChI is InChI=1S/C21H22ClN3O3/c1-3-7-14-12-17(23-28-14)18-10-6-11-25(18)21(26)19-13(2)27-24-20(19)15-8-4-5-9-16(15)22/h4-5,8-9,12,18H,3,6-7,10-11H2,1-2H3/t18-/m0/s1. The Balaban J connectivity index is 1.67. The zero-order chi connectivity index (χ0) is 19.7. The fourth-order valence-electron chi connectivity index (χ4n) is 3.77. The molecular formula is C21H22ClN3O3. The van der Waals surface area contributed by atoms with Gasteiger partial charge in [0.05, 0.1) is 11.1 Å². The minimum absolute atomic E-state index is 0.102. The summed E-state index contributed by atoms with van der Waals surface area (Å²) >= 11 is 6.33. The van der Waals surface area contributed by atoms with E-state index in [1.54, 1.807) is 13.0 Å². The van der Waals surface area contributed by atoms with Gasteiger partial charge in [0.1, 0.15) is 28.5 Å². The maximum absolute atomic E-state index is 13.5. The average Bonchev–Trinajstić information content (AvgIpc) is 3.41. The minimum atomic E-state index is -0.115. The molecule has 2 aromatic heterocycles. The summed E-state index contributed by atoms with van der Waals surface area (Å²) in [5.41, 5.74) is 2.43. The zero-order valence-corrected chi connectivity index (χ0v) is 16.7. The van der Waals surface area contributed by atoms with Crippen molar-refractivity contribution in [3.05, 3.63) is 58.1 Å². The Bertz CT molecular complexity index is 994. The van der Waals surface area contributed by atoms with Crippen molar-refractivity contribution in [3.8, 4) is 11.3 Å². The van der Waals surface area contributed by atoms with E-state index in [0.717, 1.165) is 37.1 Å². The molecule has 1 aliphatic rings. The largest absolute Gasteiger partial charge is 0.361 e. The number of amides is 1. The van der Waals surface area contributed by atoms with Gasteiger partial charge < -0.3 is 13.9 Å². The number of aromatic nitrogens is 2. The van der Waals surface area contributed by atoms with Crippen molar-refractivity contribution in [2.24, 2.45) is 0 Å². The lowest BCUT2D eigenvalue weighted by Crippen LogP contribution is -2.31. The predicted molar refractivity (Wildman–Crippen MR) is 105 cm³/mol. The fraction of sp³-hybridized carbons (Fsp3) is 0.381. The molecule has 0 saturated carbocycles. The van der Waals surface area contributed by atoms with Crippen molar-refractivity contribution in [1.29, 1.82) is 0 Å². The first-order valence-corrected chi connectivity index (χ1v) is 9.95. The van der Waals surface area contributed by atoms with Gasteiger partial charge in [0.15, 0.2) is 0 Å². The summed E-state index contributed by atoms with van der Waals surface area (Å²) in [7, 11) is 0. The normalized spacial score (nSPS) is 16.7. The molecule has 4 rings (SSSR count). The first-order chi connectivity index (χ1) is 13.6. The molecule has 7 heteroatoms. The van der Waals surface area contributed by atoms with Crippen LogP contribution in [0.4, 0.5) is 0 Å². The second kappa shape index (κ2) is 7.80. The van der Waals surface area contributed by atoms with E-state index >= 15 is 0 Å². The highest BCUT2D eigenvalue weighted by atomic mass is 35.5. The molecule has 0 N–H and O–H groups in total. The molecule has 0 bridgehead atoms. The molecule has 1 amide bonds. The van der Waals surface area contributed by atoms with Gasteiger partial charge in [-0.2, -0.15) is 0 Å². The zero-order valence-electron chi connectivity index (χ0n) is 15.9. The SMILES string of the molecule is CCCc1cc([C@@H]2CCCN2C(=O)c2c(-c3ccccc3Cl)noc2C)no1. The van der Waals surface area contributed by atoms with Crippen LogP contribution in [-0.4, -0.2) is 27.7 Å². The molecule has 1 fully saturated rings. The molecule has 1 saturated heterocycles. The number of benzene rings is 1. The number of hydrogen-bond acceptors (Lipinski definition) is 5. The number of carbonyl (C=O) groups is 1. The number of carbonyl (C=O) groups excluding carboxylic acids is 1. The lowest BCUT2D eigenvalue weighted by molar-refractivity contribution is 0.0729. The second-order valence-corrected chi connectivity index (χ2v) is 7.47. The molecule has 0 radical (unpaired) electrons. The van der Waals surface area contributed by atoms with E-state index in [1.165, 1.54) is 0 Å². The average molecular weight is 400 g/mol. The van der Waals surface area contributed by atoms with E-state index in [9.17, 15) is 4.79 Å². The molecule has 6 nitrogen and oxygen atoms in total. The summed E-state index contributed by atoms with van der Waals surface area (Å²) < 4.78 is 10.8. The van der Waals surface area contributed by atoms with E-state index in [4.69, 9.17) is 20.6 Å².